The number of aliphatic hydroxyl groups is 1. The van der Waals surface area contributed by atoms with E-state index in [1.807, 2.05) is 44.2 Å². The van der Waals surface area contributed by atoms with Crippen LogP contribution in [0.2, 0.25) is 0 Å². The number of aliphatic hydroxyl groups excluding tert-OH is 1. The molecular formula is C22H29ClF2N2O2. The Morgan fingerprint density at radius 3 is 2.24 bits per heavy atom. The summed E-state index contributed by atoms with van der Waals surface area (Å²) in [6, 6.07) is 12.2. The van der Waals surface area contributed by atoms with Gasteiger partial charge < -0.3 is 15.2 Å². The zero-order valence-electron chi connectivity index (χ0n) is 16.8. The quantitative estimate of drug-likeness (QED) is 0.705. The van der Waals surface area contributed by atoms with E-state index in [4.69, 9.17) is 4.74 Å². The highest BCUT2D eigenvalue weighted by molar-refractivity contribution is 5.85. The molecule has 0 unspecified atom stereocenters. The summed E-state index contributed by atoms with van der Waals surface area (Å²) in [5.41, 5.74) is 3.21. The number of piperazine rings is 1. The maximum Gasteiger partial charge on any atom is 0.289 e. The minimum atomic E-state index is -3.22. The highest BCUT2D eigenvalue weighted by Gasteiger charge is 2.44. The Kier molecular flexibility index (Phi) is 8.40. The monoisotopic (exact) mass is 426 g/mol. The Morgan fingerprint density at radius 1 is 1.10 bits per heavy atom. The highest BCUT2D eigenvalue weighted by Crippen LogP contribution is 2.39. The highest BCUT2D eigenvalue weighted by atomic mass is 35.5. The molecule has 0 radical (unpaired) electrons. The van der Waals surface area contributed by atoms with Gasteiger partial charge in [-0.1, -0.05) is 42.5 Å². The average molecular weight is 427 g/mol. The fraction of sp³-hybridized carbons (Fsp3) is 0.455. The summed E-state index contributed by atoms with van der Waals surface area (Å²) in [5.74, 6) is -2.50. The minimum Gasteiger partial charge on any atom is -0.488 e. The lowest BCUT2D eigenvalue weighted by molar-refractivity contribution is -0.118. The molecule has 1 fully saturated rings. The lowest BCUT2D eigenvalue weighted by atomic mass is 9.94. The number of hydrogen-bond acceptors (Lipinski definition) is 4. The van der Waals surface area contributed by atoms with Crippen molar-refractivity contribution in [1.82, 2.24) is 10.2 Å². The Hall–Kier alpha value is -1.73. The lowest BCUT2D eigenvalue weighted by Gasteiger charge is -2.39. The molecule has 0 aliphatic carbocycles. The smallest absolute Gasteiger partial charge is 0.289 e. The van der Waals surface area contributed by atoms with Gasteiger partial charge in [0, 0.05) is 26.2 Å². The molecule has 4 nitrogen and oxygen atoms in total. The number of aryl methyl sites for hydroxylation is 2. The second kappa shape index (κ2) is 10.3. The first-order chi connectivity index (χ1) is 13.4. The van der Waals surface area contributed by atoms with Crippen LogP contribution in [-0.2, 0) is 6.61 Å². The molecule has 2 N–H and O–H groups in total. The van der Waals surface area contributed by atoms with Crippen LogP contribution in [0.5, 0.6) is 5.75 Å². The van der Waals surface area contributed by atoms with E-state index < -0.39 is 18.6 Å². The van der Waals surface area contributed by atoms with Gasteiger partial charge in [-0.25, -0.2) is 8.78 Å². The van der Waals surface area contributed by atoms with E-state index in [-0.39, 0.29) is 12.4 Å². The summed E-state index contributed by atoms with van der Waals surface area (Å²) in [6.07, 6.45) is 0. The minimum absolute atomic E-state index is 0. The van der Waals surface area contributed by atoms with Gasteiger partial charge in [-0.15, -0.1) is 12.4 Å². The zero-order valence-corrected chi connectivity index (χ0v) is 17.6. The molecule has 3 rings (SSSR count). The molecule has 1 aliphatic rings. The third-order valence-electron chi connectivity index (χ3n) is 5.15. The van der Waals surface area contributed by atoms with Gasteiger partial charge in [0.2, 0.25) is 0 Å². The number of alkyl halides is 2. The zero-order chi connectivity index (χ0) is 20.1. The molecule has 160 valence electrons. The van der Waals surface area contributed by atoms with Crippen LogP contribution in [-0.4, -0.2) is 48.7 Å². The standard InChI is InChI=1S/C22H28F2N2O2.ClH/c1-16-12-19(21(22(23,24)15-27)26-10-8-25-9-11-26)13-17(2)20(16)28-14-18-6-4-3-5-7-18;/h3-7,12-13,21,25,27H,8-11,14-15H2,1-2H3;1H/t21-;/m0./s1. The predicted octanol–water partition coefficient (Wildman–Crippen LogP) is 3.88. The van der Waals surface area contributed by atoms with Crippen molar-refractivity contribution in [2.45, 2.75) is 32.4 Å². The summed E-state index contributed by atoms with van der Waals surface area (Å²) in [7, 11) is 0. The van der Waals surface area contributed by atoms with Crippen LogP contribution in [0.3, 0.4) is 0 Å². The van der Waals surface area contributed by atoms with Crippen molar-refractivity contribution < 1.29 is 18.6 Å². The van der Waals surface area contributed by atoms with Crippen LogP contribution in [0.25, 0.3) is 0 Å². The van der Waals surface area contributed by atoms with E-state index in [0.717, 1.165) is 22.4 Å². The van der Waals surface area contributed by atoms with Crippen LogP contribution < -0.4 is 10.1 Å². The van der Waals surface area contributed by atoms with Gasteiger partial charge in [0.25, 0.3) is 5.92 Å². The summed E-state index contributed by atoms with van der Waals surface area (Å²) in [5, 5.41) is 12.5. The summed E-state index contributed by atoms with van der Waals surface area (Å²) < 4.78 is 35.3. The Morgan fingerprint density at radius 2 is 1.69 bits per heavy atom. The van der Waals surface area contributed by atoms with E-state index >= 15 is 0 Å². The second-order valence-corrected chi connectivity index (χ2v) is 7.37. The molecule has 0 saturated carbocycles. The molecule has 1 aliphatic heterocycles. The first-order valence-corrected chi connectivity index (χ1v) is 9.63. The number of halogens is 3. The average Bonchev–Trinajstić information content (AvgIpc) is 2.69. The number of benzene rings is 2. The SMILES string of the molecule is Cc1cc([C@H](N2CCNCC2)C(F)(F)CO)cc(C)c1OCc1ccccc1.Cl. The van der Waals surface area contributed by atoms with Gasteiger partial charge in [-0.05, 0) is 36.1 Å². The molecule has 29 heavy (non-hydrogen) atoms. The summed E-state index contributed by atoms with van der Waals surface area (Å²) >= 11 is 0. The third kappa shape index (κ3) is 5.66. The van der Waals surface area contributed by atoms with Crippen molar-refractivity contribution in [3.8, 4) is 5.75 Å². The number of hydrogen-bond donors (Lipinski definition) is 2. The van der Waals surface area contributed by atoms with E-state index in [9.17, 15) is 13.9 Å². The Balaban J connectivity index is 0.00000300. The van der Waals surface area contributed by atoms with Gasteiger partial charge in [0.1, 0.15) is 25.0 Å². The van der Waals surface area contributed by atoms with Crippen LogP contribution in [0.1, 0.15) is 28.3 Å². The first-order valence-electron chi connectivity index (χ1n) is 9.63. The predicted molar refractivity (Wildman–Crippen MR) is 113 cm³/mol. The number of rotatable bonds is 7. The van der Waals surface area contributed by atoms with Crippen molar-refractivity contribution in [1.29, 1.82) is 0 Å². The van der Waals surface area contributed by atoms with Crippen molar-refractivity contribution >= 4 is 12.4 Å². The topological polar surface area (TPSA) is 44.7 Å². The lowest BCUT2D eigenvalue weighted by Crippen LogP contribution is -2.51. The third-order valence-corrected chi connectivity index (χ3v) is 5.15. The van der Waals surface area contributed by atoms with Crippen molar-refractivity contribution in [3.05, 3.63) is 64.7 Å². The summed E-state index contributed by atoms with van der Waals surface area (Å²) in [6.45, 7) is 5.37. The number of ether oxygens (including phenoxy) is 1. The fourth-order valence-electron chi connectivity index (χ4n) is 3.85. The molecule has 1 saturated heterocycles. The van der Waals surface area contributed by atoms with E-state index in [1.165, 1.54) is 0 Å². The fourth-order valence-corrected chi connectivity index (χ4v) is 3.85. The van der Waals surface area contributed by atoms with Crippen LogP contribution in [0, 0.1) is 13.8 Å². The maximum atomic E-state index is 14.7. The molecule has 0 amide bonds. The number of nitrogens with zero attached hydrogens (tertiary/aromatic N) is 1. The second-order valence-electron chi connectivity index (χ2n) is 7.37. The van der Waals surface area contributed by atoms with Crippen molar-refractivity contribution in [2.24, 2.45) is 0 Å². The first kappa shape index (κ1) is 23.5. The van der Waals surface area contributed by atoms with Gasteiger partial charge in [-0.3, -0.25) is 4.90 Å². The van der Waals surface area contributed by atoms with Gasteiger partial charge in [-0.2, -0.15) is 0 Å². The van der Waals surface area contributed by atoms with Gasteiger partial charge >= 0.3 is 0 Å². The molecular weight excluding hydrogens is 398 g/mol. The van der Waals surface area contributed by atoms with E-state index in [2.05, 4.69) is 5.32 Å². The van der Waals surface area contributed by atoms with Gasteiger partial charge in [0.15, 0.2) is 0 Å². The normalized spacial score (nSPS) is 16.2. The van der Waals surface area contributed by atoms with E-state index in [0.29, 0.717) is 38.3 Å². The largest absolute Gasteiger partial charge is 0.488 e. The molecule has 7 heteroatoms. The molecule has 0 bridgehead atoms. The molecule has 0 spiro atoms. The Labute approximate surface area is 177 Å². The number of nitrogens with one attached hydrogen (secondary N) is 1. The molecule has 0 aromatic heterocycles. The molecule has 1 atom stereocenters. The molecule has 2 aromatic carbocycles. The van der Waals surface area contributed by atoms with Crippen molar-refractivity contribution in [3.63, 3.8) is 0 Å². The van der Waals surface area contributed by atoms with Gasteiger partial charge in [0.05, 0.1) is 0 Å². The Bertz CT molecular complexity index is 761. The van der Waals surface area contributed by atoms with Crippen molar-refractivity contribution in [2.75, 3.05) is 32.8 Å². The molecule has 2 aromatic rings. The maximum absolute atomic E-state index is 14.7. The van der Waals surface area contributed by atoms with E-state index in [1.54, 1.807) is 17.0 Å². The van der Waals surface area contributed by atoms with Crippen LogP contribution >= 0.6 is 12.4 Å². The van der Waals surface area contributed by atoms with Crippen LogP contribution in [0.15, 0.2) is 42.5 Å². The molecule has 1 heterocycles. The summed E-state index contributed by atoms with van der Waals surface area (Å²) in [4.78, 5) is 1.76. The van der Waals surface area contributed by atoms with Crippen LogP contribution in [0.4, 0.5) is 8.78 Å².